The van der Waals surface area contributed by atoms with Crippen LogP contribution in [0.15, 0.2) is 36.7 Å². The van der Waals surface area contributed by atoms with Gasteiger partial charge in [0, 0.05) is 31.5 Å². The highest BCUT2D eigenvalue weighted by Crippen LogP contribution is 2.21. The van der Waals surface area contributed by atoms with Gasteiger partial charge < -0.3 is 10.2 Å². The van der Waals surface area contributed by atoms with Crippen LogP contribution in [-0.2, 0) is 6.54 Å². The Labute approximate surface area is 118 Å². The predicted molar refractivity (Wildman–Crippen MR) is 78.5 cm³/mol. The van der Waals surface area contributed by atoms with E-state index in [2.05, 4.69) is 29.1 Å². The van der Waals surface area contributed by atoms with E-state index in [1.54, 1.807) is 24.5 Å². The number of hydrogen-bond acceptors (Lipinski definition) is 4. The van der Waals surface area contributed by atoms with Crippen molar-refractivity contribution in [2.75, 3.05) is 11.9 Å². The maximum atomic E-state index is 12.9. The van der Waals surface area contributed by atoms with Crippen LogP contribution in [0, 0.1) is 5.82 Å². The fourth-order valence-electron chi connectivity index (χ4n) is 1.75. The van der Waals surface area contributed by atoms with Crippen molar-refractivity contribution in [2.24, 2.45) is 0 Å². The number of anilines is 2. The summed E-state index contributed by atoms with van der Waals surface area (Å²) in [5, 5.41) is 3.30. The van der Waals surface area contributed by atoms with Crippen LogP contribution in [0.1, 0.15) is 19.5 Å². The number of hydrogen-bond donors (Lipinski definition) is 1. The lowest BCUT2D eigenvalue weighted by atomic mass is 10.3. The molecule has 1 heterocycles. The fraction of sp³-hybridized carbons (Fsp3) is 0.333. The van der Waals surface area contributed by atoms with Gasteiger partial charge in [0.05, 0.1) is 11.9 Å². The Hall–Kier alpha value is -2.01. The largest absolute Gasteiger partial charge is 0.328 e. The van der Waals surface area contributed by atoms with E-state index >= 15 is 0 Å². The third-order valence-corrected chi connectivity index (χ3v) is 2.92. The molecule has 0 amide bonds. The molecule has 0 aliphatic heterocycles. The first kappa shape index (κ1) is 14.4. The zero-order valence-electron chi connectivity index (χ0n) is 12.0. The Bertz CT molecular complexity index is 554. The van der Waals surface area contributed by atoms with Crippen LogP contribution in [0.4, 0.5) is 15.9 Å². The zero-order chi connectivity index (χ0) is 14.5. The summed E-state index contributed by atoms with van der Waals surface area (Å²) in [6.07, 6.45) is 3.44. The molecule has 2 rings (SSSR count). The number of aromatic nitrogens is 2. The molecule has 0 radical (unpaired) electrons. The van der Waals surface area contributed by atoms with Gasteiger partial charge in [0.15, 0.2) is 5.82 Å². The summed E-state index contributed by atoms with van der Waals surface area (Å²) in [7, 11) is 1.89. The molecule has 5 heteroatoms. The Morgan fingerprint density at radius 1 is 1.20 bits per heavy atom. The number of nitrogens with zero attached hydrogens (tertiary/aromatic N) is 3. The summed E-state index contributed by atoms with van der Waals surface area (Å²) in [5.41, 5.74) is 1.75. The molecule has 0 aliphatic rings. The molecule has 0 bridgehead atoms. The summed E-state index contributed by atoms with van der Waals surface area (Å²) in [6, 6.07) is 6.70. The predicted octanol–water partition coefficient (Wildman–Crippen LogP) is 2.88. The van der Waals surface area contributed by atoms with Gasteiger partial charge in [-0.1, -0.05) is 13.8 Å². The number of benzene rings is 1. The SMILES string of the molecule is CC(C)NCc1cncc(N(C)c2ccc(F)cc2)n1. The van der Waals surface area contributed by atoms with Gasteiger partial charge in [-0.05, 0) is 24.3 Å². The standard InChI is InChI=1S/C15H19FN4/c1-11(2)18-9-13-8-17-10-15(19-13)20(3)14-6-4-12(16)5-7-14/h4-8,10-11,18H,9H2,1-3H3. The van der Waals surface area contributed by atoms with Gasteiger partial charge >= 0.3 is 0 Å². The van der Waals surface area contributed by atoms with Gasteiger partial charge in [-0.3, -0.25) is 4.98 Å². The summed E-state index contributed by atoms with van der Waals surface area (Å²) < 4.78 is 12.9. The van der Waals surface area contributed by atoms with Crippen molar-refractivity contribution in [3.8, 4) is 0 Å². The van der Waals surface area contributed by atoms with E-state index in [0.29, 0.717) is 12.6 Å². The summed E-state index contributed by atoms with van der Waals surface area (Å²) in [4.78, 5) is 10.6. The highest BCUT2D eigenvalue weighted by atomic mass is 19.1. The molecule has 106 valence electrons. The van der Waals surface area contributed by atoms with E-state index in [-0.39, 0.29) is 5.82 Å². The van der Waals surface area contributed by atoms with E-state index in [4.69, 9.17) is 0 Å². The smallest absolute Gasteiger partial charge is 0.151 e. The molecule has 20 heavy (non-hydrogen) atoms. The van der Waals surface area contributed by atoms with E-state index in [9.17, 15) is 4.39 Å². The van der Waals surface area contributed by atoms with Gasteiger partial charge in [0.1, 0.15) is 5.82 Å². The van der Waals surface area contributed by atoms with Crippen molar-refractivity contribution in [3.05, 3.63) is 48.2 Å². The second-order valence-corrected chi connectivity index (χ2v) is 4.94. The van der Waals surface area contributed by atoms with Crippen molar-refractivity contribution in [3.63, 3.8) is 0 Å². The first-order valence-electron chi connectivity index (χ1n) is 6.60. The molecule has 1 aromatic carbocycles. The maximum Gasteiger partial charge on any atom is 0.151 e. The van der Waals surface area contributed by atoms with Crippen molar-refractivity contribution in [1.82, 2.24) is 15.3 Å². The topological polar surface area (TPSA) is 41.1 Å². The third-order valence-electron chi connectivity index (χ3n) is 2.92. The van der Waals surface area contributed by atoms with Crippen LogP contribution in [-0.4, -0.2) is 23.1 Å². The molecule has 0 unspecified atom stereocenters. The number of nitrogens with one attached hydrogen (secondary N) is 1. The van der Waals surface area contributed by atoms with Gasteiger partial charge in [-0.15, -0.1) is 0 Å². The van der Waals surface area contributed by atoms with Crippen molar-refractivity contribution >= 4 is 11.5 Å². The minimum atomic E-state index is -0.247. The first-order valence-corrected chi connectivity index (χ1v) is 6.60. The van der Waals surface area contributed by atoms with Crippen molar-refractivity contribution in [1.29, 1.82) is 0 Å². The molecular weight excluding hydrogens is 255 g/mol. The highest BCUT2D eigenvalue weighted by molar-refractivity contribution is 5.58. The Morgan fingerprint density at radius 2 is 1.90 bits per heavy atom. The molecule has 0 atom stereocenters. The molecule has 2 aromatic rings. The lowest BCUT2D eigenvalue weighted by Gasteiger charge is -2.18. The minimum absolute atomic E-state index is 0.247. The summed E-state index contributed by atoms with van der Waals surface area (Å²) in [6.45, 7) is 4.85. The quantitative estimate of drug-likeness (QED) is 0.910. The second-order valence-electron chi connectivity index (χ2n) is 4.94. The van der Waals surface area contributed by atoms with Crippen LogP contribution in [0.3, 0.4) is 0 Å². The van der Waals surface area contributed by atoms with Crippen molar-refractivity contribution < 1.29 is 4.39 Å². The normalized spacial score (nSPS) is 10.8. The lowest BCUT2D eigenvalue weighted by molar-refractivity contribution is 0.580. The average molecular weight is 274 g/mol. The Morgan fingerprint density at radius 3 is 2.55 bits per heavy atom. The van der Waals surface area contributed by atoms with Crippen LogP contribution >= 0.6 is 0 Å². The van der Waals surface area contributed by atoms with Crippen LogP contribution < -0.4 is 10.2 Å². The zero-order valence-corrected chi connectivity index (χ0v) is 12.0. The fourth-order valence-corrected chi connectivity index (χ4v) is 1.75. The summed E-state index contributed by atoms with van der Waals surface area (Å²) in [5.74, 6) is 0.489. The lowest BCUT2D eigenvalue weighted by Crippen LogP contribution is -2.23. The van der Waals surface area contributed by atoms with Gasteiger partial charge in [0.2, 0.25) is 0 Å². The molecular formula is C15H19FN4. The maximum absolute atomic E-state index is 12.9. The summed E-state index contributed by atoms with van der Waals surface area (Å²) >= 11 is 0. The van der Waals surface area contributed by atoms with Gasteiger partial charge in [0.25, 0.3) is 0 Å². The Balaban J connectivity index is 2.15. The molecule has 1 N–H and O–H groups in total. The molecule has 0 spiro atoms. The van der Waals surface area contributed by atoms with Gasteiger partial charge in [-0.2, -0.15) is 0 Å². The second kappa shape index (κ2) is 6.43. The molecule has 0 saturated carbocycles. The average Bonchev–Trinajstić information content (AvgIpc) is 2.45. The van der Waals surface area contributed by atoms with Crippen LogP contribution in [0.5, 0.6) is 0 Å². The molecule has 0 aliphatic carbocycles. The molecule has 0 saturated heterocycles. The third kappa shape index (κ3) is 3.74. The number of halogens is 1. The van der Waals surface area contributed by atoms with Crippen molar-refractivity contribution in [2.45, 2.75) is 26.4 Å². The first-order chi connectivity index (χ1) is 9.56. The Kier molecular flexibility index (Phi) is 4.63. The monoisotopic (exact) mass is 274 g/mol. The van der Waals surface area contributed by atoms with E-state index in [1.807, 2.05) is 11.9 Å². The van der Waals surface area contributed by atoms with E-state index in [1.165, 1.54) is 12.1 Å². The number of rotatable bonds is 5. The minimum Gasteiger partial charge on any atom is -0.328 e. The van der Waals surface area contributed by atoms with Crippen LogP contribution in [0.2, 0.25) is 0 Å². The molecule has 0 fully saturated rings. The van der Waals surface area contributed by atoms with Crippen LogP contribution in [0.25, 0.3) is 0 Å². The highest BCUT2D eigenvalue weighted by Gasteiger charge is 2.07. The van der Waals surface area contributed by atoms with Gasteiger partial charge in [-0.25, -0.2) is 9.37 Å². The van der Waals surface area contributed by atoms with E-state index in [0.717, 1.165) is 17.2 Å². The molecule has 4 nitrogen and oxygen atoms in total. The molecule has 1 aromatic heterocycles. The van der Waals surface area contributed by atoms with E-state index < -0.39 is 0 Å².